The van der Waals surface area contributed by atoms with Gasteiger partial charge in [0.25, 0.3) is 5.91 Å². The summed E-state index contributed by atoms with van der Waals surface area (Å²) in [6.07, 6.45) is 8.34. The van der Waals surface area contributed by atoms with Crippen molar-refractivity contribution in [1.29, 1.82) is 0 Å². The molecular formula is C22H28N4O. The molecule has 2 aliphatic rings. The van der Waals surface area contributed by atoms with Gasteiger partial charge < -0.3 is 10.2 Å². The summed E-state index contributed by atoms with van der Waals surface area (Å²) in [5, 5.41) is 3.48. The van der Waals surface area contributed by atoms with Gasteiger partial charge in [-0.2, -0.15) is 0 Å². The molecule has 1 aromatic carbocycles. The van der Waals surface area contributed by atoms with Crippen LogP contribution in [0.5, 0.6) is 0 Å². The second kappa shape index (κ2) is 8.07. The SMILES string of the molecule is Cc1cc(C(=O)N2CCc3ccccc3C2)nc(NC2CCCCCC2)n1. The van der Waals surface area contributed by atoms with Crippen molar-refractivity contribution in [1.82, 2.24) is 14.9 Å². The maximum absolute atomic E-state index is 13.1. The van der Waals surface area contributed by atoms with Crippen LogP contribution in [-0.2, 0) is 13.0 Å². The quantitative estimate of drug-likeness (QED) is 0.833. The number of hydrogen-bond donors (Lipinski definition) is 1. The van der Waals surface area contributed by atoms with Crippen molar-refractivity contribution in [2.24, 2.45) is 0 Å². The lowest BCUT2D eigenvalue weighted by Crippen LogP contribution is -2.36. The van der Waals surface area contributed by atoms with Gasteiger partial charge in [-0.3, -0.25) is 4.79 Å². The van der Waals surface area contributed by atoms with Crippen molar-refractivity contribution in [3.8, 4) is 0 Å². The van der Waals surface area contributed by atoms with E-state index in [0.29, 0.717) is 24.2 Å². The number of benzene rings is 1. The highest BCUT2D eigenvalue weighted by Crippen LogP contribution is 2.22. The number of aryl methyl sites for hydroxylation is 1. The number of nitrogens with one attached hydrogen (secondary N) is 1. The van der Waals surface area contributed by atoms with E-state index in [9.17, 15) is 4.79 Å². The maximum Gasteiger partial charge on any atom is 0.272 e. The summed E-state index contributed by atoms with van der Waals surface area (Å²) in [6.45, 7) is 3.33. The van der Waals surface area contributed by atoms with E-state index in [1.54, 1.807) is 6.07 Å². The van der Waals surface area contributed by atoms with Crippen molar-refractivity contribution in [2.75, 3.05) is 11.9 Å². The number of carbonyl (C=O) groups excluding carboxylic acids is 1. The van der Waals surface area contributed by atoms with E-state index < -0.39 is 0 Å². The van der Waals surface area contributed by atoms with Crippen molar-refractivity contribution in [3.63, 3.8) is 0 Å². The second-order valence-corrected chi connectivity index (χ2v) is 7.80. The third kappa shape index (κ3) is 4.29. The van der Waals surface area contributed by atoms with E-state index in [1.807, 2.05) is 17.9 Å². The molecule has 1 amide bonds. The van der Waals surface area contributed by atoms with Crippen LogP contribution in [0.1, 0.15) is 65.8 Å². The fraction of sp³-hybridized carbons (Fsp3) is 0.500. The van der Waals surface area contributed by atoms with Crippen molar-refractivity contribution in [3.05, 3.63) is 52.8 Å². The maximum atomic E-state index is 13.1. The minimum Gasteiger partial charge on any atom is -0.351 e. The van der Waals surface area contributed by atoms with Crippen molar-refractivity contribution < 1.29 is 4.79 Å². The number of carbonyl (C=O) groups is 1. The van der Waals surface area contributed by atoms with Crippen LogP contribution in [0.25, 0.3) is 0 Å². The molecule has 2 aromatic rings. The smallest absolute Gasteiger partial charge is 0.272 e. The number of amides is 1. The van der Waals surface area contributed by atoms with Gasteiger partial charge in [0, 0.05) is 24.8 Å². The topological polar surface area (TPSA) is 58.1 Å². The first kappa shape index (κ1) is 18.0. The monoisotopic (exact) mass is 364 g/mol. The molecule has 1 aromatic heterocycles. The molecular weight excluding hydrogens is 336 g/mol. The van der Waals surface area contributed by atoms with Crippen LogP contribution in [0, 0.1) is 6.92 Å². The zero-order valence-electron chi connectivity index (χ0n) is 16.1. The third-order valence-corrected chi connectivity index (χ3v) is 5.68. The minimum atomic E-state index is -0.00100. The molecule has 4 rings (SSSR count). The molecule has 1 fully saturated rings. The van der Waals surface area contributed by atoms with Gasteiger partial charge in [-0.15, -0.1) is 0 Å². The van der Waals surface area contributed by atoms with Gasteiger partial charge in [0.1, 0.15) is 5.69 Å². The minimum absolute atomic E-state index is 0.00100. The summed E-state index contributed by atoms with van der Waals surface area (Å²) in [4.78, 5) is 24.1. The summed E-state index contributed by atoms with van der Waals surface area (Å²) < 4.78 is 0. The number of anilines is 1. The fourth-order valence-electron chi connectivity index (χ4n) is 4.18. The van der Waals surface area contributed by atoms with Gasteiger partial charge in [0.15, 0.2) is 0 Å². The van der Waals surface area contributed by atoms with Crippen LogP contribution < -0.4 is 5.32 Å². The first-order valence-corrected chi connectivity index (χ1v) is 10.2. The molecule has 1 aliphatic heterocycles. The molecule has 5 nitrogen and oxygen atoms in total. The number of hydrogen-bond acceptors (Lipinski definition) is 4. The molecule has 0 saturated heterocycles. The molecule has 0 unspecified atom stereocenters. The highest BCUT2D eigenvalue weighted by Gasteiger charge is 2.23. The highest BCUT2D eigenvalue weighted by atomic mass is 16.2. The van der Waals surface area contributed by atoms with Gasteiger partial charge in [-0.1, -0.05) is 49.9 Å². The lowest BCUT2D eigenvalue weighted by molar-refractivity contribution is 0.0728. The molecule has 5 heteroatoms. The van der Waals surface area contributed by atoms with E-state index in [0.717, 1.165) is 31.5 Å². The average Bonchev–Trinajstić information content (AvgIpc) is 2.95. The summed E-state index contributed by atoms with van der Waals surface area (Å²) in [5.74, 6) is 0.599. The average molecular weight is 364 g/mol. The van der Waals surface area contributed by atoms with E-state index in [4.69, 9.17) is 0 Å². The Morgan fingerprint density at radius 1 is 1.07 bits per heavy atom. The van der Waals surface area contributed by atoms with Crippen LogP contribution in [0.3, 0.4) is 0 Å². The first-order chi connectivity index (χ1) is 13.2. The Morgan fingerprint density at radius 2 is 1.81 bits per heavy atom. The molecule has 142 valence electrons. The molecule has 1 aliphatic carbocycles. The molecule has 0 atom stereocenters. The number of nitrogens with zero attached hydrogens (tertiary/aromatic N) is 3. The fourth-order valence-corrected chi connectivity index (χ4v) is 4.18. The zero-order valence-corrected chi connectivity index (χ0v) is 16.1. The number of aromatic nitrogens is 2. The van der Waals surface area contributed by atoms with Crippen LogP contribution >= 0.6 is 0 Å². The normalized spacial score (nSPS) is 17.9. The van der Waals surface area contributed by atoms with E-state index in [-0.39, 0.29) is 5.91 Å². The molecule has 1 N–H and O–H groups in total. The van der Waals surface area contributed by atoms with Crippen molar-refractivity contribution in [2.45, 2.75) is 64.5 Å². The predicted octanol–water partition coefficient (Wildman–Crippen LogP) is 4.12. The van der Waals surface area contributed by atoms with E-state index in [2.05, 4.69) is 33.5 Å². The Morgan fingerprint density at radius 3 is 2.59 bits per heavy atom. The summed E-state index contributed by atoms with van der Waals surface area (Å²) in [5.41, 5.74) is 3.91. The lowest BCUT2D eigenvalue weighted by Gasteiger charge is -2.28. The Balaban J connectivity index is 1.50. The molecule has 1 saturated carbocycles. The van der Waals surface area contributed by atoms with Crippen LogP contribution in [-0.4, -0.2) is 33.4 Å². The van der Waals surface area contributed by atoms with Gasteiger partial charge in [-0.25, -0.2) is 9.97 Å². The van der Waals surface area contributed by atoms with Gasteiger partial charge in [0.2, 0.25) is 5.95 Å². The summed E-state index contributed by atoms with van der Waals surface area (Å²) >= 11 is 0. The van der Waals surface area contributed by atoms with Crippen LogP contribution in [0.4, 0.5) is 5.95 Å². The second-order valence-electron chi connectivity index (χ2n) is 7.80. The molecule has 27 heavy (non-hydrogen) atoms. The summed E-state index contributed by atoms with van der Waals surface area (Å²) in [6, 6.07) is 10.6. The zero-order chi connectivity index (χ0) is 18.6. The highest BCUT2D eigenvalue weighted by molar-refractivity contribution is 5.92. The summed E-state index contributed by atoms with van der Waals surface area (Å²) in [7, 11) is 0. The molecule has 0 spiro atoms. The largest absolute Gasteiger partial charge is 0.351 e. The van der Waals surface area contributed by atoms with Gasteiger partial charge >= 0.3 is 0 Å². The van der Waals surface area contributed by atoms with Crippen molar-refractivity contribution >= 4 is 11.9 Å². The Hall–Kier alpha value is -2.43. The van der Waals surface area contributed by atoms with E-state index >= 15 is 0 Å². The van der Waals surface area contributed by atoms with Gasteiger partial charge in [-0.05, 0) is 43.4 Å². The Kier molecular flexibility index (Phi) is 5.37. The van der Waals surface area contributed by atoms with Crippen LogP contribution in [0.2, 0.25) is 0 Å². The van der Waals surface area contributed by atoms with E-state index in [1.165, 1.54) is 36.8 Å². The lowest BCUT2D eigenvalue weighted by atomic mass is 10.00. The molecule has 0 radical (unpaired) electrons. The number of rotatable bonds is 3. The van der Waals surface area contributed by atoms with Gasteiger partial charge in [0.05, 0.1) is 0 Å². The standard InChI is InChI=1S/C22H28N4O/c1-16-14-20(25-22(23-16)24-19-10-4-2-3-5-11-19)21(27)26-13-12-17-8-6-7-9-18(17)15-26/h6-9,14,19H,2-5,10-13,15H2,1H3,(H,23,24,25). The number of fused-ring (bicyclic) bond motifs is 1. The predicted molar refractivity (Wildman–Crippen MR) is 107 cm³/mol. The first-order valence-electron chi connectivity index (χ1n) is 10.2. The Labute approximate surface area is 161 Å². The molecule has 2 heterocycles. The molecule has 0 bridgehead atoms. The third-order valence-electron chi connectivity index (χ3n) is 5.68. The Bertz CT molecular complexity index is 812. The van der Waals surface area contributed by atoms with Crippen LogP contribution in [0.15, 0.2) is 30.3 Å².